The van der Waals surface area contributed by atoms with Crippen LogP contribution in [-0.2, 0) is 0 Å². The molecule has 1 heterocycles. The van der Waals surface area contributed by atoms with Gasteiger partial charge in [-0.1, -0.05) is 17.7 Å². The Morgan fingerprint density at radius 3 is 2.56 bits per heavy atom. The molecule has 0 atom stereocenters. The molecule has 0 aliphatic heterocycles. The molecule has 1 N–H and O–H groups in total. The fourth-order valence-electron chi connectivity index (χ4n) is 1.74. The zero-order valence-electron chi connectivity index (χ0n) is 10.1. The van der Waals surface area contributed by atoms with Gasteiger partial charge >= 0.3 is 0 Å². The molecular weight excluding hydrogens is 200 g/mol. The molecule has 0 fully saturated rings. The molecular formula is C13H16N2O. The Bertz CT molecular complexity index is 515. The number of anilines is 1. The monoisotopic (exact) mass is 216 g/mol. The van der Waals surface area contributed by atoms with E-state index in [1.165, 1.54) is 11.1 Å². The van der Waals surface area contributed by atoms with Crippen molar-refractivity contribution in [2.24, 2.45) is 0 Å². The van der Waals surface area contributed by atoms with Crippen LogP contribution >= 0.6 is 0 Å². The van der Waals surface area contributed by atoms with Crippen molar-refractivity contribution >= 4 is 6.01 Å². The van der Waals surface area contributed by atoms with E-state index in [4.69, 9.17) is 4.42 Å². The van der Waals surface area contributed by atoms with Crippen molar-refractivity contribution in [2.75, 3.05) is 12.4 Å². The number of nitrogens with one attached hydrogen (secondary N) is 1. The molecule has 1 aromatic heterocycles. The molecule has 0 amide bonds. The fourth-order valence-corrected chi connectivity index (χ4v) is 1.74. The van der Waals surface area contributed by atoms with Gasteiger partial charge in [0.25, 0.3) is 6.01 Å². The Morgan fingerprint density at radius 2 is 1.94 bits per heavy atom. The minimum Gasteiger partial charge on any atom is -0.428 e. The summed E-state index contributed by atoms with van der Waals surface area (Å²) in [6.45, 7) is 6.10. The highest BCUT2D eigenvalue weighted by Gasteiger charge is 2.12. The third-order valence-corrected chi connectivity index (χ3v) is 2.66. The number of benzene rings is 1. The van der Waals surface area contributed by atoms with E-state index in [2.05, 4.69) is 42.3 Å². The van der Waals surface area contributed by atoms with Gasteiger partial charge in [-0.25, -0.2) is 0 Å². The Kier molecular flexibility index (Phi) is 2.69. The second kappa shape index (κ2) is 4.00. The summed E-state index contributed by atoms with van der Waals surface area (Å²) in [6.07, 6.45) is 0. The van der Waals surface area contributed by atoms with Crippen LogP contribution in [0.3, 0.4) is 0 Å². The first-order valence-corrected chi connectivity index (χ1v) is 5.34. The predicted octanol–water partition coefficient (Wildman–Crippen LogP) is 3.31. The average Bonchev–Trinajstić information content (AvgIpc) is 2.63. The Morgan fingerprint density at radius 1 is 1.19 bits per heavy atom. The van der Waals surface area contributed by atoms with Crippen molar-refractivity contribution < 1.29 is 4.42 Å². The molecule has 3 heteroatoms. The first-order valence-electron chi connectivity index (χ1n) is 5.34. The maximum Gasteiger partial charge on any atom is 0.295 e. The maximum atomic E-state index is 5.49. The van der Waals surface area contributed by atoms with Gasteiger partial charge < -0.3 is 9.73 Å². The summed E-state index contributed by atoms with van der Waals surface area (Å²) >= 11 is 0. The Balaban J connectivity index is 2.57. The lowest BCUT2D eigenvalue weighted by atomic mass is 10.0. The summed E-state index contributed by atoms with van der Waals surface area (Å²) in [6, 6.07) is 6.92. The topological polar surface area (TPSA) is 38.1 Å². The van der Waals surface area contributed by atoms with Crippen molar-refractivity contribution in [3.05, 3.63) is 35.1 Å². The van der Waals surface area contributed by atoms with Crippen LogP contribution in [0.4, 0.5) is 6.01 Å². The number of rotatable bonds is 2. The normalized spacial score (nSPS) is 10.5. The Hall–Kier alpha value is -1.77. The van der Waals surface area contributed by atoms with Crippen LogP contribution in [0.25, 0.3) is 11.3 Å². The molecule has 0 saturated heterocycles. The number of nitrogens with zero attached hydrogens (tertiary/aromatic N) is 1. The largest absolute Gasteiger partial charge is 0.428 e. The highest BCUT2D eigenvalue weighted by Crippen LogP contribution is 2.28. The van der Waals surface area contributed by atoms with Crippen molar-refractivity contribution in [3.63, 3.8) is 0 Å². The van der Waals surface area contributed by atoms with Crippen molar-refractivity contribution in [3.8, 4) is 11.3 Å². The summed E-state index contributed by atoms with van der Waals surface area (Å²) < 4.78 is 5.49. The minimum absolute atomic E-state index is 0.563. The summed E-state index contributed by atoms with van der Waals surface area (Å²) in [5.74, 6) is 0.845. The molecule has 1 aromatic carbocycles. The van der Waals surface area contributed by atoms with Crippen molar-refractivity contribution in [1.82, 2.24) is 4.98 Å². The standard InChI is InChI=1S/C13H16N2O/c1-8-5-6-9(2)11(7-8)12-10(3)16-13(14-4)15-12/h5-7H,1-4H3,(H,14,15). The molecule has 0 aliphatic rings. The number of hydrogen-bond donors (Lipinski definition) is 1. The molecule has 16 heavy (non-hydrogen) atoms. The molecule has 3 nitrogen and oxygen atoms in total. The second-order valence-corrected chi connectivity index (χ2v) is 3.99. The van der Waals surface area contributed by atoms with Crippen LogP contribution in [0, 0.1) is 20.8 Å². The van der Waals surface area contributed by atoms with Gasteiger partial charge in [-0.3, -0.25) is 0 Å². The maximum absolute atomic E-state index is 5.49. The van der Waals surface area contributed by atoms with Crippen LogP contribution in [0.15, 0.2) is 22.6 Å². The van der Waals surface area contributed by atoms with Crippen LogP contribution in [0.5, 0.6) is 0 Å². The van der Waals surface area contributed by atoms with Crippen molar-refractivity contribution in [1.29, 1.82) is 0 Å². The lowest BCUT2D eigenvalue weighted by Gasteiger charge is -2.04. The summed E-state index contributed by atoms with van der Waals surface area (Å²) in [5.41, 5.74) is 4.51. The summed E-state index contributed by atoms with van der Waals surface area (Å²) in [4.78, 5) is 4.42. The van der Waals surface area contributed by atoms with Gasteiger partial charge in [0, 0.05) is 12.6 Å². The molecule has 0 aliphatic carbocycles. The van der Waals surface area contributed by atoms with Gasteiger partial charge in [0.15, 0.2) is 0 Å². The van der Waals surface area contributed by atoms with E-state index in [0.717, 1.165) is 17.0 Å². The van der Waals surface area contributed by atoms with E-state index in [9.17, 15) is 0 Å². The highest BCUT2D eigenvalue weighted by molar-refractivity contribution is 5.67. The van der Waals surface area contributed by atoms with E-state index in [-0.39, 0.29) is 0 Å². The first-order chi connectivity index (χ1) is 7.61. The number of oxazole rings is 1. The lowest BCUT2D eigenvalue weighted by Crippen LogP contribution is -1.89. The molecule has 0 spiro atoms. The number of aromatic nitrogens is 1. The minimum atomic E-state index is 0.563. The smallest absolute Gasteiger partial charge is 0.295 e. The number of hydrogen-bond acceptors (Lipinski definition) is 3. The SMILES string of the molecule is CNc1nc(-c2cc(C)ccc2C)c(C)o1. The van der Waals surface area contributed by atoms with Crippen molar-refractivity contribution in [2.45, 2.75) is 20.8 Å². The van der Waals surface area contributed by atoms with Crippen LogP contribution in [0.1, 0.15) is 16.9 Å². The van der Waals surface area contributed by atoms with Gasteiger partial charge in [-0.15, -0.1) is 0 Å². The van der Waals surface area contributed by atoms with Gasteiger partial charge in [0.1, 0.15) is 11.5 Å². The average molecular weight is 216 g/mol. The number of aryl methyl sites for hydroxylation is 3. The van der Waals surface area contributed by atoms with Gasteiger partial charge in [-0.2, -0.15) is 4.98 Å². The second-order valence-electron chi connectivity index (χ2n) is 3.99. The van der Waals surface area contributed by atoms with E-state index < -0.39 is 0 Å². The predicted molar refractivity (Wildman–Crippen MR) is 65.7 cm³/mol. The summed E-state index contributed by atoms with van der Waals surface area (Å²) in [7, 11) is 1.80. The van der Waals surface area contributed by atoms with E-state index in [1.54, 1.807) is 7.05 Å². The van der Waals surface area contributed by atoms with Crippen LogP contribution < -0.4 is 5.32 Å². The van der Waals surface area contributed by atoms with Crippen LogP contribution in [-0.4, -0.2) is 12.0 Å². The fraction of sp³-hybridized carbons (Fsp3) is 0.308. The zero-order valence-corrected chi connectivity index (χ0v) is 10.1. The van der Waals surface area contributed by atoms with Crippen LogP contribution in [0.2, 0.25) is 0 Å². The van der Waals surface area contributed by atoms with Gasteiger partial charge in [0.2, 0.25) is 0 Å². The Labute approximate surface area is 95.5 Å². The van der Waals surface area contributed by atoms with E-state index in [1.807, 2.05) is 6.92 Å². The lowest BCUT2D eigenvalue weighted by molar-refractivity contribution is 0.544. The first kappa shape index (κ1) is 10.7. The zero-order chi connectivity index (χ0) is 11.7. The highest BCUT2D eigenvalue weighted by atomic mass is 16.4. The molecule has 0 bridgehead atoms. The molecule has 2 rings (SSSR count). The molecule has 0 saturated carbocycles. The quantitative estimate of drug-likeness (QED) is 0.837. The molecule has 0 unspecified atom stereocenters. The molecule has 2 aromatic rings. The van der Waals surface area contributed by atoms with E-state index >= 15 is 0 Å². The van der Waals surface area contributed by atoms with Gasteiger partial charge in [0.05, 0.1) is 0 Å². The molecule has 84 valence electrons. The van der Waals surface area contributed by atoms with E-state index in [0.29, 0.717) is 6.01 Å². The third kappa shape index (κ3) is 1.81. The molecule has 0 radical (unpaired) electrons. The van der Waals surface area contributed by atoms with Gasteiger partial charge in [-0.05, 0) is 32.4 Å². The summed E-state index contributed by atoms with van der Waals surface area (Å²) in [5, 5.41) is 2.91. The third-order valence-electron chi connectivity index (χ3n) is 2.66.